The first-order chi connectivity index (χ1) is 8.21. The molecule has 96 valence electrons. The van der Waals surface area contributed by atoms with Gasteiger partial charge in [-0.3, -0.25) is 0 Å². The summed E-state index contributed by atoms with van der Waals surface area (Å²) in [7, 11) is 0. The third-order valence-corrected chi connectivity index (χ3v) is 3.03. The zero-order valence-corrected chi connectivity index (χ0v) is 11.5. The van der Waals surface area contributed by atoms with E-state index in [0.717, 1.165) is 31.3 Å². The summed E-state index contributed by atoms with van der Waals surface area (Å²) >= 11 is 0. The third kappa shape index (κ3) is 4.25. The highest BCUT2D eigenvalue weighted by atomic mass is 15.2. The zero-order chi connectivity index (χ0) is 12.7. The lowest BCUT2D eigenvalue weighted by Gasteiger charge is -2.25. The molecule has 1 rings (SSSR count). The monoisotopic (exact) mass is 235 g/mol. The molecule has 1 unspecified atom stereocenters. The van der Waals surface area contributed by atoms with Gasteiger partial charge in [-0.1, -0.05) is 26.3 Å². The van der Waals surface area contributed by atoms with Gasteiger partial charge in [-0.05, 0) is 31.9 Å². The Labute approximate surface area is 105 Å². The Morgan fingerprint density at radius 3 is 2.65 bits per heavy atom. The lowest BCUT2D eigenvalue weighted by molar-refractivity contribution is 0.545. The molecule has 0 aliphatic heterocycles. The number of nitrogens with one attached hydrogen (secondary N) is 1. The molecular weight excluding hydrogens is 210 g/mol. The number of rotatable bonds is 7. The molecule has 1 N–H and O–H groups in total. The maximum absolute atomic E-state index is 4.64. The average molecular weight is 235 g/mol. The fourth-order valence-electron chi connectivity index (χ4n) is 1.77. The van der Waals surface area contributed by atoms with Gasteiger partial charge in [0.25, 0.3) is 0 Å². The van der Waals surface area contributed by atoms with Crippen LogP contribution in [0.5, 0.6) is 0 Å². The van der Waals surface area contributed by atoms with E-state index in [2.05, 4.69) is 55.0 Å². The van der Waals surface area contributed by atoms with E-state index in [9.17, 15) is 0 Å². The molecule has 3 nitrogen and oxygen atoms in total. The Morgan fingerprint density at radius 1 is 1.29 bits per heavy atom. The van der Waals surface area contributed by atoms with Gasteiger partial charge in [-0.25, -0.2) is 4.98 Å². The summed E-state index contributed by atoms with van der Waals surface area (Å²) in [5.41, 5.74) is 0. The van der Waals surface area contributed by atoms with Crippen molar-refractivity contribution < 1.29 is 0 Å². The number of hydrogen-bond donors (Lipinski definition) is 1. The van der Waals surface area contributed by atoms with Crippen LogP contribution < -0.4 is 10.2 Å². The summed E-state index contributed by atoms with van der Waals surface area (Å²) in [4.78, 5) is 6.98. The standard InChI is InChI=1S/C14H25N3/c1-5-12(4)11-17(7-3)14-10-8-9-13(16-14)15-6-2/h8-10,12H,5-7,11H2,1-4H3,(H,15,16). The molecule has 0 fully saturated rings. The lowest BCUT2D eigenvalue weighted by Crippen LogP contribution is -2.28. The minimum absolute atomic E-state index is 0.708. The molecule has 0 amide bonds. The van der Waals surface area contributed by atoms with E-state index >= 15 is 0 Å². The van der Waals surface area contributed by atoms with Crippen LogP contribution in [-0.4, -0.2) is 24.6 Å². The topological polar surface area (TPSA) is 28.2 Å². The molecule has 1 aromatic heterocycles. The maximum Gasteiger partial charge on any atom is 0.130 e. The van der Waals surface area contributed by atoms with Crippen molar-refractivity contribution in [3.63, 3.8) is 0 Å². The zero-order valence-electron chi connectivity index (χ0n) is 11.5. The van der Waals surface area contributed by atoms with Gasteiger partial charge in [0.1, 0.15) is 11.6 Å². The Kier molecular flexibility index (Phi) is 5.81. The largest absolute Gasteiger partial charge is 0.370 e. The summed E-state index contributed by atoms with van der Waals surface area (Å²) in [5, 5.41) is 3.26. The third-order valence-electron chi connectivity index (χ3n) is 3.03. The SMILES string of the molecule is CCNc1cccc(N(CC)CC(C)CC)n1. The molecule has 17 heavy (non-hydrogen) atoms. The highest BCUT2D eigenvalue weighted by Crippen LogP contribution is 2.16. The van der Waals surface area contributed by atoms with E-state index in [0.29, 0.717) is 5.92 Å². The smallest absolute Gasteiger partial charge is 0.130 e. The molecule has 0 saturated heterocycles. The first kappa shape index (κ1) is 13.8. The molecular formula is C14H25N3. The van der Waals surface area contributed by atoms with Gasteiger partial charge < -0.3 is 10.2 Å². The van der Waals surface area contributed by atoms with Gasteiger partial charge in [0.2, 0.25) is 0 Å². The van der Waals surface area contributed by atoms with Gasteiger partial charge in [0.15, 0.2) is 0 Å². The van der Waals surface area contributed by atoms with Crippen molar-refractivity contribution in [3.05, 3.63) is 18.2 Å². The van der Waals surface area contributed by atoms with Crippen LogP contribution in [-0.2, 0) is 0 Å². The number of aromatic nitrogens is 1. The van der Waals surface area contributed by atoms with Crippen molar-refractivity contribution in [2.24, 2.45) is 5.92 Å². The second-order valence-electron chi connectivity index (χ2n) is 4.46. The number of nitrogens with zero attached hydrogens (tertiary/aromatic N) is 2. The Morgan fingerprint density at radius 2 is 2.06 bits per heavy atom. The molecule has 1 aromatic rings. The van der Waals surface area contributed by atoms with E-state index in [4.69, 9.17) is 0 Å². The van der Waals surface area contributed by atoms with Crippen LogP contribution in [0.3, 0.4) is 0 Å². The van der Waals surface area contributed by atoms with Crippen LogP contribution in [0.4, 0.5) is 11.6 Å². The van der Waals surface area contributed by atoms with E-state index < -0.39 is 0 Å². The molecule has 0 aromatic carbocycles. The Bertz CT molecular complexity index is 325. The predicted molar refractivity (Wildman–Crippen MR) is 75.7 cm³/mol. The number of anilines is 2. The molecule has 1 atom stereocenters. The van der Waals surface area contributed by atoms with Crippen molar-refractivity contribution in [3.8, 4) is 0 Å². The minimum Gasteiger partial charge on any atom is -0.370 e. The summed E-state index contributed by atoms with van der Waals surface area (Å²) in [6, 6.07) is 6.18. The predicted octanol–water partition coefficient (Wildman–Crippen LogP) is 3.39. The minimum atomic E-state index is 0.708. The van der Waals surface area contributed by atoms with Gasteiger partial charge in [-0.2, -0.15) is 0 Å². The molecule has 0 radical (unpaired) electrons. The van der Waals surface area contributed by atoms with Gasteiger partial charge in [0, 0.05) is 19.6 Å². The second kappa shape index (κ2) is 7.15. The summed E-state index contributed by atoms with van der Waals surface area (Å²) in [5.74, 6) is 2.75. The van der Waals surface area contributed by atoms with Crippen LogP contribution >= 0.6 is 0 Å². The van der Waals surface area contributed by atoms with Crippen LogP contribution in [0, 0.1) is 5.92 Å². The van der Waals surface area contributed by atoms with E-state index in [1.165, 1.54) is 6.42 Å². The van der Waals surface area contributed by atoms with E-state index in [1.807, 2.05) is 6.07 Å². The summed E-state index contributed by atoms with van der Waals surface area (Å²) in [6.45, 7) is 11.8. The highest BCUT2D eigenvalue weighted by Gasteiger charge is 2.09. The second-order valence-corrected chi connectivity index (χ2v) is 4.46. The fourth-order valence-corrected chi connectivity index (χ4v) is 1.77. The summed E-state index contributed by atoms with van der Waals surface area (Å²) < 4.78 is 0. The average Bonchev–Trinajstić information content (AvgIpc) is 2.36. The molecule has 0 spiro atoms. The summed E-state index contributed by atoms with van der Waals surface area (Å²) in [6.07, 6.45) is 1.21. The van der Waals surface area contributed by atoms with E-state index in [-0.39, 0.29) is 0 Å². The van der Waals surface area contributed by atoms with Gasteiger partial charge >= 0.3 is 0 Å². The Balaban J connectivity index is 2.76. The fraction of sp³-hybridized carbons (Fsp3) is 0.643. The molecule has 0 aliphatic rings. The lowest BCUT2D eigenvalue weighted by atomic mass is 10.1. The first-order valence-corrected chi connectivity index (χ1v) is 6.67. The van der Waals surface area contributed by atoms with E-state index in [1.54, 1.807) is 0 Å². The van der Waals surface area contributed by atoms with Gasteiger partial charge in [-0.15, -0.1) is 0 Å². The van der Waals surface area contributed by atoms with Crippen LogP contribution in [0.25, 0.3) is 0 Å². The molecule has 0 bridgehead atoms. The number of hydrogen-bond acceptors (Lipinski definition) is 3. The normalized spacial score (nSPS) is 12.2. The number of pyridine rings is 1. The van der Waals surface area contributed by atoms with Crippen molar-refractivity contribution in [1.82, 2.24) is 4.98 Å². The first-order valence-electron chi connectivity index (χ1n) is 6.67. The molecule has 0 aliphatic carbocycles. The van der Waals surface area contributed by atoms with Gasteiger partial charge in [0.05, 0.1) is 0 Å². The molecule has 3 heteroatoms. The highest BCUT2D eigenvalue weighted by molar-refractivity contribution is 5.46. The van der Waals surface area contributed by atoms with Crippen LogP contribution in [0.1, 0.15) is 34.1 Å². The van der Waals surface area contributed by atoms with Crippen LogP contribution in [0.2, 0.25) is 0 Å². The van der Waals surface area contributed by atoms with Crippen molar-refractivity contribution in [1.29, 1.82) is 0 Å². The Hall–Kier alpha value is -1.25. The van der Waals surface area contributed by atoms with Crippen molar-refractivity contribution >= 4 is 11.6 Å². The maximum atomic E-state index is 4.64. The quantitative estimate of drug-likeness (QED) is 0.785. The van der Waals surface area contributed by atoms with Crippen molar-refractivity contribution in [2.45, 2.75) is 34.1 Å². The molecule has 1 heterocycles. The van der Waals surface area contributed by atoms with Crippen molar-refractivity contribution in [2.75, 3.05) is 29.9 Å². The molecule has 0 saturated carbocycles. The van der Waals surface area contributed by atoms with Crippen LogP contribution in [0.15, 0.2) is 18.2 Å².